The zero-order valence-corrected chi connectivity index (χ0v) is 17.5. The zero-order chi connectivity index (χ0) is 23.1. The molecule has 2 aliphatic rings. The predicted octanol–water partition coefficient (Wildman–Crippen LogP) is 4.09. The van der Waals surface area contributed by atoms with Crippen LogP contribution in [0.2, 0.25) is 0 Å². The monoisotopic (exact) mass is 454 g/mol. The van der Waals surface area contributed by atoms with E-state index in [-0.39, 0.29) is 37.1 Å². The van der Waals surface area contributed by atoms with Crippen molar-refractivity contribution in [1.82, 2.24) is 9.78 Å². The van der Waals surface area contributed by atoms with Crippen LogP contribution in [0.5, 0.6) is 0 Å². The van der Waals surface area contributed by atoms with E-state index in [1.807, 2.05) is 0 Å². The SMILES string of the molecule is COC1CC(F)C(c2c(C)nn(C)c2NC2CCC(C(F)(F)F)CC2[N+](=O)[O-])C(F)C1. The summed E-state index contributed by atoms with van der Waals surface area (Å²) in [5.74, 6) is -2.67. The van der Waals surface area contributed by atoms with Crippen LogP contribution in [0, 0.1) is 23.0 Å². The third-order valence-electron chi connectivity index (χ3n) is 6.56. The Bertz CT molecular complexity index is 790. The standard InChI is InChI=1S/C19H27F5N4O3/c1-9-16(17-12(20)7-11(31-3)8-13(17)21)18(27(2)26-9)25-14-5-4-10(19(22,23)24)6-15(14)28(29)30/h10-15,17,25H,4-8H2,1-3H3. The molecule has 1 heterocycles. The molecule has 1 aromatic heterocycles. The molecule has 31 heavy (non-hydrogen) atoms. The van der Waals surface area contributed by atoms with E-state index >= 15 is 0 Å². The number of nitrogens with zero attached hydrogens (tertiary/aromatic N) is 3. The molecule has 3 rings (SSSR count). The van der Waals surface area contributed by atoms with E-state index in [1.54, 1.807) is 6.92 Å². The summed E-state index contributed by atoms with van der Waals surface area (Å²) in [7, 11) is 2.92. The van der Waals surface area contributed by atoms with Crippen molar-refractivity contribution in [3.05, 3.63) is 21.4 Å². The first-order chi connectivity index (χ1) is 14.4. The molecule has 7 nitrogen and oxygen atoms in total. The quantitative estimate of drug-likeness (QED) is 0.412. The number of hydrogen-bond acceptors (Lipinski definition) is 5. The highest BCUT2D eigenvalue weighted by Gasteiger charge is 2.50. The van der Waals surface area contributed by atoms with Gasteiger partial charge in [0, 0.05) is 43.9 Å². The summed E-state index contributed by atoms with van der Waals surface area (Å²) in [6, 6.07) is -2.39. The Kier molecular flexibility index (Phi) is 6.78. The fraction of sp³-hybridized carbons (Fsp3) is 0.842. The van der Waals surface area contributed by atoms with Gasteiger partial charge in [-0.1, -0.05) is 0 Å². The molecule has 2 fully saturated rings. The Morgan fingerprint density at radius 2 is 1.81 bits per heavy atom. The summed E-state index contributed by atoms with van der Waals surface area (Å²) in [6.45, 7) is 1.59. The average Bonchev–Trinajstić information content (AvgIpc) is 2.94. The molecule has 2 saturated carbocycles. The topological polar surface area (TPSA) is 82.2 Å². The van der Waals surface area contributed by atoms with Gasteiger partial charge in [0.1, 0.15) is 18.2 Å². The van der Waals surface area contributed by atoms with Gasteiger partial charge in [0.2, 0.25) is 6.04 Å². The molecule has 0 bridgehead atoms. The minimum absolute atomic E-state index is 0.00355. The minimum atomic E-state index is -4.50. The van der Waals surface area contributed by atoms with Crippen LogP contribution in [0.1, 0.15) is 49.3 Å². The molecular weight excluding hydrogens is 427 g/mol. The maximum absolute atomic E-state index is 14.9. The number of aryl methyl sites for hydroxylation is 2. The van der Waals surface area contributed by atoms with Gasteiger partial charge in [-0.15, -0.1) is 0 Å². The van der Waals surface area contributed by atoms with Crippen LogP contribution in [0.4, 0.5) is 27.8 Å². The molecule has 0 spiro atoms. The molecule has 1 N–H and O–H groups in total. The molecular formula is C19H27F5N4O3. The molecule has 5 atom stereocenters. The maximum Gasteiger partial charge on any atom is 0.392 e. The van der Waals surface area contributed by atoms with Gasteiger partial charge in [-0.2, -0.15) is 18.3 Å². The zero-order valence-electron chi connectivity index (χ0n) is 17.5. The van der Waals surface area contributed by atoms with E-state index in [2.05, 4.69) is 10.4 Å². The van der Waals surface area contributed by atoms with E-state index in [1.165, 1.54) is 18.8 Å². The van der Waals surface area contributed by atoms with Crippen LogP contribution in [-0.4, -0.2) is 58.5 Å². The summed E-state index contributed by atoms with van der Waals surface area (Å²) in [4.78, 5) is 10.8. The summed E-state index contributed by atoms with van der Waals surface area (Å²) >= 11 is 0. The highest BCUT2D eigenvalue weighted by atomic mass is 19.4. The number of alkyl halides is 5. The number of halogens is 5. The van der Waals surface area contributed by atoms with Crippen molar-refractivity contribution in [3.63, 3.8) is 0 Å². The minimum Gasteiger partial charge on any atom is -0.381 e. The first-order valence-corrected chi connectivity index (χ1v) is 10.2. The smallest absolute Gasteiger partial charge is 0.381 e. The number of methoxy groups -OCH3 is 1. The van der Waals surface area contributed by atoms with E-state index in [4.69, 9.17) is 4.74 Å². The number of aromatic nitrogens is 2. The predicted molar refractivity (Wildman–Crippen MR) is 102 cm³/mol. The Labute approximate surface area is 176 Å². The first-order valence-electron chi connectivity index (χ1n) is 10.2. The number of nitro groups is 1. The van der Waals surface area contributed by atoms with Gasteiger partial charge in [-0.25, -0.2) is 8.78 Å². The van der Waals surface area contributed by atoms with E-state index in [0.29, 0.717) is 5.69 Å². The molecule has 5 unspecified atom stereocenters. The van der Waals surface area contributed by atoms with Gasteiger partial charge in [0.05, 0.1) is 29.7 Å². The molecule has 176 valence electrons. The Morgan fingerprint density at radius 3 is 2.32 bits per heavy atom. The molecule has 0 amide bonds. The highest BCUT2D eigenvalue weighted by molar-refractivity contribution is 5.52. The van der Waals surface area contributed by atoms with Crippen molar-refractivity contribution < 1.29 is 31.6 Å². The second kappa shape index (κ2) is 8.87. The summed E-state index contributed by atoms with van der Waals surface area (Å²) in [6.07, 6.45) is -9.14. The second-order valence-electron chi connectivity index (χ2n) is 8.51. The fourth-order valence-electron chi connectivity index (χ4n) is 4.94. The molecule has 2 aliphatic carbocycles. The lowest BCUT2D eigenvalue weighted by atomic mass is 9.79. The molecule has 1 aromatic rings. The van der Waals surface area contributed by atoms with Crippen molar-refractivity contribution in [2.45, 2.75) is 81.7 Å². The van der Waals surface area contributed by atoms with Crippen LogP contribution in [0.25, 0.3) is 0 Å². The van der Waals surface area contributed by atoms with E-state index in [9.17, 15) is 32.1 Å². The lowest BCUT2D eigenvalue weighted by Gasteiger charge is -2.36. The van der Waals surface area contributed by atoms with Crippen LogP contribution in [0.3, 0.4) is 0 Å². The van der Waals surface area contributed by atoms with Gasteiger partial charge in [0.25, 0.3) is 0 Å². The van der Waals surface area contributed by atoms with Gasteiger partial charge < -0.3 is 10.1 Å². The molecule has 0 radical (unpaired) electrons. The van der Waals surface area contributed by atoms with Crippen molar-refractivity contribution in [1.29, 1.82) is 0 Å². The van der Waals surface area contributed by atoms with E-state index < -0.39 is 59.9 Å². The lowest BCUT2D eigenvalue weighted by Crippen LogP contribution is -2.47. The summed E-state index contributed by atoms with van der Waals surface area (Å²) < 4.78 is 75.6. The summed E-state index contributed by atoms with van der Waals surface area (Å²) in [5.41, 5.74) is 0.648. The van der Waals surface area contributed by atoms with Gasteiger partial charge in [-0.05, 0) is 19.8 Å². The molecule has 0 aliphatic heterocycles. The number of ether oxygens (including phenoxy) is 1. The van der Waals surface area contributed by atoms with Crippen LogP contribution in [0.15, 0.2) is 0 Å². The number of anilines is 1. The highest BCUT2D eigenvalue weighted by Crippen LogP contribution is 2.44. The van der Waals surface area contributed by atoms with Crippen LogP contribution >= 0.6 is 0 Å². The molecule has 0 aromatic carbocycles. The fourth-order valence-corrected chi connectivity index (χ4v) is 4.94. The number of hydrogen-bond donors (Lipinski definition) is 1. The van der Waals surface area contributed by atoms with Gasteiger partial charge in [-0.3, -0.25) is 14.8 Å². The molecule has 0 saturated heterocycles. The van der Waals surface area contributed by atoms with Crippen LogP contribution < -0.4 is 5.32 Å². The maximum atomic E-state index is 14.9. The van der Waals surface area contributed by atoms with Crippen molar-refractivity contribution in [2.24, 2.45) is 13.0 Å². The summed E-state index contributed by atoms with van der Waals surface area (Å²) in [5, 5.41) is 18.7. The lowest BCUT2D eigenvalue weighted by molar-refractivity contribution is -0.531. The Balaban J connectivity index is 1.88. The number of rotatable bonds is 5. The third kappa shape index (κ3) is 4.78. The molecule has 12 heteroatoms. The number of nitrogens with one attached hydrogen (secondary N) is 1. The van der Waals surface area contributed by atoms with Gasteiger partial charge >= 0.3 is 6.18 Å². The second-order valence-corrected chi connectivity index (χ2v) is 8.51. The Morgan fingerprint density at radius 1 is 1.19 bits per heavy atom. The Hall–Kier alpha value is -1.98. The normalized spacial score (nSPS) is 34.5. The third-order valence-corrected chi connectivity index (χ3v) is 6.56. The average molecular weight is 454 g/mol. The first kappa shape index (κ1) is 23.7. The van der Waals surface area contributed by atoms with Crippen molar-refractivity contribution in [2.75, 3.05) is 12.4 Å². The van der Waals surface area contributed by atoms with Crippen LogP contribution in [-0.2, 0) is 11.8 Å². The largest absolute Gasteiger partial charge is 0.392 e. The van der Waals surface area contributed by atoms with Crippen molar-refractivity contribution in [3.8, 4) is 0 Å². The van der Waals surface area contributed by atoms with Gasteiger partial charge in [0.15, 0.2) is 0 Å². The van der Waals surface area contributed by atoms with E-state index in [0.717, 1.165) is 0 Å². The van der Waals surface area contributed by atoms with Crippen molar-refractivity contribution >= 4 is 5.82 Å².